The fourth-order valence-corrected chi connectivity index (χ4v) is 5.35. The molecule has 1 aliphatic rings. The first kappa shape index (κ1) is 17.3. The second-order valence-electron chi connectivity index (χ2n) is 5.88. The highest BCUT2D eigenvalue weighted by Gasteiger charge is 2.34. The molecule has 0 unspecified atom stereocenters. The first-order valence-electron chi connectivity index (χ1n) is 7.97. The summed E-state index contributed by atoms with van der Waals surface area (Å²) in [4.78, 5) is 18.6. The number of hydrogen-bond acceptors (Lipinski definition) is 6. The molecule has 1 amide bonds. The summed E-state index contributed by atoms with van der Waals surface area (Å²) in [6, 6.07) is 7.25. The van der Waals surface area contributed by atoms with Gasteiger partial charge in [-0.2, -0.15) is 0 Å². The van der Waals surface area contributed by atoms with Crippen molar-refractivity contribution in [3.8, 4) is 0 Å². The summed E-state index contributed by atoms with van der Waals surface area (Å²) in [5, 5.41) is 0.458. The van der Waals surface area contributed by atoms with Crippen LogP contribution in [-0.4, -0.2) is 54.1 Å². The molecular weight excluding hydrogens is 348 g/mol. The maximum atomic E-state index is 12.6. The third-order valence-corrected chi connectivity index (χ3v) is 6.59. The summed E-state index contributed by atoms with van der Waals surface area (Å²) in [6.45, 7) is 2.56. The molecule has 2 heterocycles. The summed E-state index contributed by atoms with van der Waals surface area (Å²) in [6.07, 6.45) is 1.33. The van der Waals surface area contributed by atoms with Crippen LogP contribution in [0.4, 0.5) is 0 Å². The van der Waals surface area contributed by atoms with Gasteiger partial charge in [0, 0.05) is 12.6 Å². The SMILES string of the molecule is CCCN(C(=O)CSc1nc2ccccc2o1)[C@H]1CCS(=O)(=O)C1. The molecule has 1 atom stereocenters. The highest BCUT2D eigenvalue weighted by atomic mass is 32.2. The van der Waals surface area contributed by atoms with Gasteiger partial charge in [0.2, 0.25) is 5.91 Å². The predicted molar refractivity (Wildman–Crippen MR) is 93.8 cm³/mol. The summed E-state index contributed by atoms with van der Waals surface area (Å²) in [5.74, 6) is 0.380. The number of rotatable bonds is 6. The Morgan fingerprint density at radius 1 is 1.42 bits per heavy atom. The van der Waals surface area contributed by atoms with Crippen molar-refractivity contribution in [2.75, 3.05) is 23.8 Å². The van der Waals surface area contributed by atoms with E-state index in [1.54, 1.807) is 4.90 Å². The van der Waals surface area contributed by atoms with Crippen LogP contribution in [0.3, 0.4) is 0 Å². The van der Waals surface area contributed by atoms with E-state index in [0.717, 1.165) is 11.9 Å². The molecule has 130 valence electrons. The number of amides is 1. The molecule has 6 nitrogen and oxygen atoms in total. The molecule has 1 aromatic carbocycles. The molecule has 1 aromatic heterocycles. The van der Waals surface area contributed by atoms with Crippen LogP contribution in [0, 0.1) is 0 Å². The monoisotopic (exact) mass is 368 g/mol. The molecule has 8 heteroatoms. The zero-order chi connectivity index (χ0) is 17.2. The van der Waals surface area contributed by atoms with Crippen LogP contribution in [0.5, 0.6) is 0 Å². The fourth-order valence-electron chi connectivity index (χ4n) is 2.89. The number of carbonyl (C=O) groups excluding carboxylic acids is 1. The standard InChI is InChI=1S/C16H20N2O4S2/c1-2-8-18(12-7-9-24(20,21)11-12)15(19)10-23-16-17-13-5-3-4-6-14(13)22-16/h3-6,12H,2,7-11H2,1H3/t12-/m0/s1. The predicted octanol–water partition coefficient (Wildman–Crippen LogP) is 2.35. The Morgan fingerprint density at radius 2 is 2.21 bits per heavy atom. The zero-order valence-electron chi connectivity index (χ0n) is 13.5. The lowest BCUT2D eigenvalue weighted by molar-refractivity contribution is -0.130. The maximum absolute atomic E-state index is 12.6. The Balaban J connectivity index is 1.65. The smallest absolute Gasteiger partial charge is 0.257 e. The highest BCUT2D eigenvalue weighted by molar-refractivity contribution is 7.99. The third kappa shape index (κ3) is 3.92. The van der Waals surface area contributed by atoms with E-state index in [0.29, 0.717) is 23.8 Å². The Bertz CT molecular complexity index is 798. The van der Waals surface area contributed by atoms with Gasteiger partial charge >= 0.3 is 0 Å². The largest absolute Gasteiger partial charge is 0.431 e. The lowest BCUT2D eigenvalue weighted by Gasteiger charge is -2.27. The number of carbonyl (C=O) groups is 1. The fraction of sp³-hybridized carbons (Fsp3) is 0.500. The van der Waals surface area contributed by atoms with Gasteiger partial charge in [-0.05, 0) is 25.0 Å². The molecule has 2 aromatic rings. The second kappa shape index (κ2) is 7.14. The van der Waals surface area contributed by atoms with Gasteiger partial charge in [0.15, 0.2) is 15.4 Å². The number of sulfone groups is 1. The van der Waals surface area contributed by atoms with Gasteiger partial charge < -0.3 is 9.32 Å². The molecule has 0 bridgehead atoms. The van der Waals surface area contributed by atoms with Crippen molar-refractivity contribution < 1.29 is 17.6 Å². The number of oxazole rings is 1. The quantitative estimate of drug-likeness (QED) is 0.728. The van der Waals surface area contributed by atoms with Gasteiger partial charge in [-0.25, -0.2) is 13.4 Å². The molecule has 0 saturated carbocycles. The second-order valence-corrected chi connectivity index (χ2v) is 9.04. The van der Waals surface area contributed by atoms with E-state index in [4.69, 9.17) is 4.42 Å². The lowest BCUT2D eigenvalue weighted by Crippen LogP contribution is -2.42. The molecule has 1 saturated heterocycles. The molecule has 0 radical (unpaired) electrons. The van der Waals surface area contributed by atoms with Crippen LogP contribution in [0.2, 0.25) is 0 Å². The van der Waals surface area contributed by atoms with E-state index < -0.39 is 9.84 Å². The van der Waals surface area contributed by atoms with Gasteiger partial charge in [-0.15, -0.1) is 0 Å². The van der Waals surface area contributed by atoms with Crippen molar-refractivity contribution in [3.63, 3.8) is 0 Å². The van der Waals surface area contributed by atoms with Gasteiger partial charge in [0.1, 0.15) is 5.52 Å². The minimum absolute atomic E-state index is 0.0637. The number of hydrogen-bond donors (Lipinski definition) is 0. The molecule has 24 heavy (non-hydrogen) atoms. The van der Waals surface area contributed by atoms with E-state index in [9.17, 15) is 13.2 Å². The summed E-state index contributed by atoms with van der Waals surface area (Å²) in [7, 11) is -3.01. The Labute approximate surface area is 145 Å². The number of thioether (sulfide) groups is 1. The first-order valence-corrected chi connectivity index (χ1v) is 10.8. The number of benzene rings is 1. The summed E-state index contributed by atoms with van der Waals surface area (Å²) in [5.41, 5.74) is 1.46. The van der Waals surface area contributed by atoms with E-state index in [2.05, 4.69) is 4.98 Å². The van der Waals surface area contributed by atoms with Crippen LogP contribution >= 0.6 is 11.8 Å². The van der Waals surface area contributed by atoms with Crippen LogP contribution in [0.25, 0.3) is 11.1 Å². The molecule has 0 N–H and O–H groups in total. The molecule has 0 aliphatic carbocycles. The van der Waals surface area contributed by atoms with Gasteiger partial charge in [-0.1, -0.05) is 30.8 Å². The molecule has 1 aliphatic heterocycles. The average molecular weight is 368 g/mol. The molecule has 1 fully saturated rings. The van der Waals surface area contributed by atoms with Gasteiger partial charge in [0.25, 0.3) is 5.22 Å². The maximum Gasteiger partial charge on any atom is 0.257 e. The molecular formula is C16H20N2O4S2. The van der Waals surface area contributed by atoms with E-state index in [1.807, 2.05) is 31.2 Å². The first-order chi connectivity index (χ1) is 11.5. The van der Waals surface area contributed by atoms with Gasteiger partial charge in [0.05, 0.1) is 17.3 Å². The topological polar surface area (TPSA) is 80.5 Å². The van der Waals surface area contributed by atoms with Gasteiger partial charge in [-0.3, -0.25) is 4.79 Å². The van der Waals surface area contributed by atoms with Crippen LogP contribution in [-0.2, 0) is 14.6 Å². The number of aromatic nitrogens is 1. The Morgan fingerprint density at radius 3 is 2.88 bits per heavy atom. The van der Waals surface area contributed by atoms with Crippen LogP contribution in [0.15, 0.2) is 33.9 Å². The highest BCUT2D eigenvalue weighted by Crippen LogP contribution is 2.25. The van der Waals surface area contributed by atoms with Crippen molar-refractivity contribution in [1.82, 2.24) is 9.88 Å². The van der Waals surface area contributed by atoms with Crippen molar-refractivity contribution in [2.24, 2.45) is 0 Å². The zero-order valence-corrected chi connectivity index (χ0v) is 15.1. The lowest BCUT2D eigenvalue weighted by atomic mass is 10.2. The Kier molecular flexibility index (Phi) is 5.15. The normalized spacial score (nSPS) is 19.6. The van der Waals surface area contributed by atoms with Crippen LogP contribution < -0.4 is 0 Å². The minimum atomic E-state index is -3.01. The van der Waals surface area contributed by atoms with Crippen molar-refractivity contribution >= 4 is 38.6 Å². The number of para-hydroxylation sites is 2. The van der Waals surface area contributed by atoms with Crippen molar-refractivity contribution in [3.05, 3.63) is 24.3 Å². The minimum Gasteiger partial charge on any atom is -0.431 e. The molecule has 3 rings (SSSR count). The summed E-state index contributed by atoms with van der Waals surface area (Å²) >= 11 is 1.25. The molecule has 0 spiro atoms. The van der Waals surface area contributed by atoms with E-state index in [1.165, 1.54) is 11.8 Å². The van der Waals surface area contributed by atoms with E-state index in [-0.39, 0.29) is 29.2 Å². The Hall–Kier alpha value is -1.54. The average Bonchev–Trinajstić information content (AvgIpc) is 3.12. The number of nitrogens with zero attached hydrogens (tertiary/aromatic N) is 2. The van der Waals surface area contributed by atoms with Crippen molar-refractivity contribution in [2.45, 2.75) is 31.0 Å². The van der Waals surface area contributed by atoms with Crippen LogP contribution in [0.1, 0.15) is 19.8 Å². The number of fused-ring (bicyclic) bond motifs is 1. The van der Waals surface area contributed by atoms with Crippen molar-refractivity contribution in [1.29, 1.82) is 0 Å². The summed E-state index contributed by atoms with van der Waals surface area (Å²) < 4.78 is 29.0. The van der Waals surface area contributed by atoms with E-state index >= 15 is 0 Å². The third-order valence-electron chi connectivity index (χ3n) is 4.03.